The molecule has 1 amide bonds. The molecule has 1 aromatic heterocycles. The van der Waals surface area contributed by atoms with Gasteiger partial charge in [0, 0.05) is 13.1 Å². The summed E-state index contributed by atoms with van der Waals surface area (Å²) in [6.07, 6.45) is 4.01. The van der Waals surface area contributed by atoms with Gasteiger partial charge in [-0.1, -0.05) is 35.6 Å². The van der Waals surface area contributed by atoms with Crippen LogP contribution < -0.4 is 10.1 Å². The number of para-hydroxylation sites is 1. The first-order chi connectivity index (χ1) is 14.2. The van der Waals surface area contributed by atoms with Gasteiger partial charge in [-0.05, 0) is 68.6 Å². The molecule has 2 aromatic carbocycles. The molecule has 150 valence electrons. The van der Waals surface area contributed by atoms with Crippen LogP contribution in [-0.2, 0) is 11.2 Å². The van der Waals surface area contributed by atoms with E-state index in [4.69, 9.17) is 4.74 Å². The van der Waals surface area contributed by atoms with E-state index in [-0.39, 0.29) is 11.3 Å². The number of fused-ring (bicyclic) bond motifs is 1. The largest absolute Gasteiger partial charge is 0.431 e. The standard InChI is InChI=1S/C23H25N3O2S/c27-21-23(10-13-24-21)11-15-26(16-12-23)14-9-17-5-7-18(8-6-17)28-22-25-19-3-1-2-4-20(19)29-22/h1-8H,9-16H2,(H,24,27). The maximum Gasteiger partial charge on any atom is 0.279 e. The number of ether oxygens (including phenoxy) is 1. The summed E-state index contributed by atoms with van der Waals surface area (Å²) < 4.78 is 7.07. The van der Waals surface area contributed by atoms with Crippen LogP contribution in [0, 0.1) is 5.41 Å². The Hall–Kier alpha value is -2.44. The molecule has 1 spiro atoms. The Balaban J connectivity index is 1.14. The van der Waals surface area contributed by atoms with Crippen molar-refractivity contribution in [1.29, 1.82) is 0 Å². The van der Waals surface area contributed by atoms with Crippen LogP contribution in [0.2, 0.25) is 0 Å². The molecule has 0 bridgehead atoms. The third-order valence-electron chi connectivity index (χ3n) is 6.30. The SMILES string of the molecule is O=C1NCCC12CCN(CCc1ccc(Oc3nc4ccccc4s3)cc1)CC2. The Morgan fingerprint density at radius 3 is 2.59 bits per heavy atom. The van der Waals surface area contributed by atoms with Crippen LogP contribution in [0.3, 0.4) is 0 Å². The average molecular weight is 408 g/mol. The van der Waals surface area contributed by atoms with Crippen molar-refractivity contribution in [3.05, 3.63) is 54.1 Å². The molecule has 3 aromatic rings. The van der Waals surface area contributed by atoms with Crippen LogP contribution in [0.4, 0.5) is 0 Å². The Labute approximate surface area is 174 Å². The van der Waals surface area contributed by atoms with Crippen molar-refractivity contribution in [2.24, 2.45) is 5.41 Å². The van der Waals surface area contributed by atoms with E-state index in [1.807, 2.05) is 30.3 Å². The number of piperidine rings is 1. The lowest BCUT2D eigenvalue weighted by molar-refractivity contribution is -0.130. The molecule has 0 radical (unpaired) electrons. The fourth-order valence-corrected chi connectivity index (χ4v) is 5.24. The molecule has 5 nitrogen and oxygen atoms in total. The number of nitrogens with zero attached hydrogens (tertiary/aromatic N) is 2. The number of carbonyl (C=O) groups excluding carboxylic acids is 1. The fourth-order valence-electron chi connectivity index (χ4n) is 4.40. The number of aromatic nitrogens is 1. The molecule has 1 N–H and O–H groups in total. The summed E-state index contributed by atoms with van der Waals surface area (Å²) in [7, 11) is 0. The number of rotatable bonds is 5. The Kier molecular flexibility index (Phi) is 4.97. The molecule has 0 saturated carbocycles. The topological polar surface area (TPSA) is 54.5 Å². The van der Waals surface area contributed by atoms with Crippen molar-refractivity contribution in [2.75, 3.05) is 26.2 Å². The zero-order valence-corrected chi connectivity index (χ0v) is 17.2. The normalized spacial score (nSPS) is 19.0. The maximum absolute atomic E-state index is 12.1. The van der Waals surface area contributed by atoms with Gasteiger partial charge in [-0.25, -0.2) is 4.98 Å². The predicted octanol–water partition coefficient (Wildman–Crippen LogP) is 4.23. The predicted molar refractivity (Wildman–Crippen MR) is 116 cm³/mol. The molecule has 5 rings (SSSR count). The lowest BCUT2D eigenvalue weighted by Crippen LogP contribution is -2.44. The maximum atomic E-state index is 12.1. The summed E-state index contributed by atoms with van der Waals surface area (Å²) in [6, 6.07) is 16.4. The van der Waals surface area contributed by atoms with Crippen LogP contribution in [0.25, 0.3) is 10.2 Å². The minimum absolute atomic E-state index is 0.0733. The van der Waals surface area contributed by atoms with Gasteiger partial charge in [0.1, 0.15) is 5.75 Å². The number of thiazole rings is 1. The van der Waals surface area contributed by atoms with Crippen molar-refractivity contribution in [3.63, 3.8) is 0 Å². The van der Waals surface area contributed by atoms with Gasteiger partial charge in [0.15, 0.2) is 0 Å². The van der Waals surface area contributed by atoms with E-state index in [1.54, 1.807) is 11.3 Å². The number of hydrogen-bond acceptors (Lipinski definition) is 5. The first kappa shape index (κ1) is 18.6. The molecular formula is C23H25N3O2S. The zero-order valence-electron chi connectivity index (χ0n) is 16.4. The fraction of sp³-hybridized carbons (Fsp3) is 0.391. The van der Waals surface area contributed by atoms with Crippen molar-refractivity contribution in [3.8, 4) is 10.9 Å². The van der Waals surface area contributed by atoms with E-state index in [2.05, 4.69) is 33.4 Å². The number of likely N-dealkylation sites (tertiary alicyclic amines) is 1. The summed E-state index contributed by atoms with van der Waals surface area (Å²) in [5.41, 5.74) is 2.21. The summed E-state index contributed by atoms with van der Waals surface area (Å²) in [6.45, 7) is 3.93. The van der Waals surface area contributed by atoms with Crippen LogP contribution in [0.5, 0.6) is 10.9 Å². The summed E-state index contributed by atoms with van der Waals surface area (Å²) in [5.74, 6) is 1.10. The smallest absolute Gasteiger partial charge is 0.279 e. The van der Waals surface area contributed by atoms with Crippen LogP contribution >= 0.6 is 11.3 Å². The molecule has 2 saturated heterocycles. The molecule has 0 unspecified atom stereocenters. The molecule has 2 aliphatic heterocycles. The van der Waals surface area contributed by atoms with Gasteiger partial charge in [-0.2, -0.15) is 0 Å². The highest BCUT2D eigenvalue weighted by Crippen LogP contribution is 2.38. The number of benzene rings is 2. The van der Waals surface area contributed by atoms with E-state index in [0.29, 0.717) is 5.19 Å². The molecular weight excluding hydrogens is 382 g/mol. The second-order valence-electron chi connectivity index (χ2n) is 8.07. The van der Waals surface area contributed by atoms with Gasteiger partial charge in [-0.3, -0.25) is 4.79 Å². The number of carbonyl (C=O) groups is 1. The van der Waals surface area contributed by atoms with Crippen LogP contribution in [0.15, 0.2) is 48.5 Å². The zero-order chi connectivity index (χ0) is 19.7. The number of nitrogens with one attached hydrogen (secondary N) is 1. The molecule has 2 fully saturated rings. The highest BCUT2D eigenvalue weighted by atomic mass is 32.1. The van der Waals surface area contributed by atoms with Gasteiger partial charge in [0.2, 0.25) is 5.91 Å². The van der Waals surface area contributed by atoms with Gasteiger partial charge in [0.25, 0.3) is 5.19 Å². The van der Waals surface area contributed by atoms with Gasteiger partial charge < -0.3 is 15.0 Å². The number of hydrogen-bond donors (Lipinski definition) is 1. The molecule has 3 heterocycles. The third-order valence-corrected chi connectivity index (χ3v) is 7.22. The summed E-state index contributed by atoms with van der Waals surface area (Å²) in [4.78, 5) is 19.1. The molecule has 2 aliphatic rings. The summed E-state index contributed by atoms with van der Waals surface area (Å²) in [5, 5.41) is 3.69. The molecule has 0 aliphatic carbocycles. The van der Waals surface area contributed by atoms with E-state index >= 15 is 0 Å². The first-order valence-corrected chi connectivity index (χ1v) is 11.1. The lowest BCUT2D eigenvalue weighted by Gasteiger charge is -2.37. The van der Waals surface area contributed by atoms with Crippen LogP contribution in [-0.4, -0.2) is 42.0 Å². The van der Waals surface area contributed by atoms with Gasteiger partial charge >= 0.3 is 0 Å². The highest BCUT2D eigenvalue weighted by Gasteiger charge is 2.44. The van der Waals surface area contributed by atoms with Crippen molar-refractivity contribution in [1.82, 2.24) is 15.2 Å². The molecule has 6 heteroatoms. The van der Waals surface area contributed by atoms with E-state index in [1.165, 1.54) is 5.56 Å². The molecule has 0 atom stereocenters. The van der Waals surface area contributed by atoms with Crippen molar-refractivity contribution < 1.29 is 9.53 Å². The third kappa shape index (κ3) is 3.87. The number of amides is 1. The van der Waals surface area contributed by atoms with E-state index in [9.17, 15) is 4.79 Å². The van der Waals surface area contributed by atoms with E-state index < -0.39 is 0 Å². The van der Waals surface area contributed by atoms with E-state index in [0.717, 1.165) is 67.8 Å². The highest BCUT2D eigenvalue weighted by molar-refractivity contribution is 7.20. The summed E-state index contributed by atoms with van der Waals surface area (Å²) >= 11 is 1.56. The van der Waals surface area contributed by atoms with Gasteiger partial charge in [-0.15, -0.1) is 0 Å². The first-order valence-electron chi connectivity index (χ1n) is 10.3. The second kappa shape index (κ2) is 7.76. The quantitative estimate of drug-likeness (QED) is 0.688. The molecule has 29 heavy (non-hydrogen) atoms. The monoisotopic (exact) mass is 407 g/mol. The minimum Gasteiger partial charge on any atom is -0.431 e. The average Bonchev–Trinajstić information content (AvgIpc) is 3.32. The van der Waals surface area contributed by atoms with Crippen LogP contribution in [0.1, 0.15) is 24.8 Å². The Bertz CT molecular complexity index is 973. The lowest BCUT2D eigenvalue weighted by atomic mass is 9.77. The Morgan fingerprint density at radius 1 is 1.07 bits per heavy atom. The van der Waals surface area contributed by atoms with Crippen molar-refractivity contribution >= 4 is 27.5 Å². The van der Waals surface area contributed by atoms with Crippen molar-refractivity contribution in [2.45, 2.75) is 25.7 Å². The minimum atomic E-state index is -0.0733. The second-order valence-corrected chi connectivity index (χ2v) is 9.06. The van der Waals surface area contributed by atoms with Gasteiger partial charge in [0.05, 0.1) is 15.6 Å². The Morgan fingerprint density at radius 2 is 1.86 bits per heavy atom.